The Kier molecular flexibility index (Phi) is 4.64. The van der Waals surface area contributed by atoms with Crippen LogP contribution < -0.4 is 16.3 Å². The van der Waals surface area contributed by atoms with Gasteiger partial charge in [-0.25, -0.2) is 4.79 Å². The minimum Gasteiger partial charge on any atom is -0.427 e. The largest absolute Gasteiger partial charge is 0.427 e. The average molecular weight is 352 g/mol. The van der Waals surface area contributed by atoms with Crippen LogP contribution in [0.3, 0.4) is 0 Å². The molecule has 1 amide bonds. The zero-order valence-electron chi connectivity index (χ0n) is 15.0. The fourth-order valence-electron chi connectivity index (χ4n) is 4.12. The Balaban J connectivity index is 1.50. The molecule has 1 aromatic carbocycles. The van der Waals surface area contributed by atoms with Crippen molar-refractivity contribution in [3.63, 3.8) is 0 Å². The summed E-state index contributed by atoms with van der Waals surface area (Å²) in [6.45, 7) is 3.63. The fourth-order valence-corrected chi connectivity index (χ4v) is 4.12. The monoisotopic (exact) mass is 352 g/mol. The third kappa shape index (κ3) is 3.31. The molecule has 1 aliphatic carbocycles. The lowest BCUT2D eigenvalue weighted by molar-refractivity contribution is 0.0933. The second-order valence-electron chi connectivity index (χ2n) is 7.38. The van der Waals surface area contributed by atoms with Gasteiger partial charge < -0.3 is 15.1 Å². The summed E-state index contributed by atoms with van der Waals surface area (Å²) in [7, 11) is 0. The number of hydrogen-bond acceptors (Lipinski definition) is 4. The summed E-state index contributed by atoms with van der Waals surface area (Å²) in [6, 6.07) is 10.1. The minimum absolute atomic E-state index is 0.0286. The first-order chi connectivity index (χ1) is 12.6. The highest BCUT2D eigenvalue weighted by atomic mass is 16.4. The molecular formula is C21H24N2O3. The Morgan fingerprint density at radius 3 is 2.58 bits per heavy atom. The number of benzene rings is 1. The van der Waals surface area contributed by atoms with Crippen molar-refractivity contribution in [2.45, 2.75) is 44.6 Å². The highest BCUT2D eigenvalue weighted by Gasteiger charge is 2.26. The van der Waals surface area contributed by atoms with Crippen molar-refractivity contribution in [3.8, 4) is 0 Å². The minimum atomic E-state index is -0.529. The van der Waals surface area contributed by atoms with Gasteiger partial charge in [0.25, 0.3) is 5.91 Å². The molecule has 1 unspecified atom stereocenters. The van der Waals surface area contributed by atoms with Crippen molar-refractivity contribution >= 4 is 5.91 Å². The second-order valence-corrected chi connectivity index (χ2v) is 7.38. The van der Waals surface area contributed by atoms with Crippen LogP contribution in [0.5, 0.6) is 0 Å². The summed E-state index contributed by atoms with van der Waals surface area (Å²) in [6.07, 6.45) is 3.68. The molecule has 2 heterocycles. The number of nitrogens with one attached hydrogen (secondary N) is 2. The summed E-state index contributed by atoms with van der Waals surface area (Å²) < 4.78 is 5.52. The molecule has 5 heteroatoms. The molecule has 1 saturated heterocycles. The molecule has 5 nitrogen and oxygen atoms in total. The van der Waals surface area contributed by atoms with Crippen molar-refractivity contribution in [2.24, 2.45) is 0 Å². The van der Waals surface area contributed by atoms with E-state index in [2.05, 4.69) is 22.8 Å². The van der Waals surface area contributed by atoms with Crippen molar-refractivity contribution in [1.29, 1.82) is 0 Å². The van der Waals surface area contributed by atoms with Gasteiger partial charge >= 0.3 is 5.63 Å². The van der Waals surface area contributed by atoms with Crippen molar-refractivity contribution in [1.82, 2.24) is 10.6 Å². The second kappa shape index (κ2) is 7.08. The smallest absolute Gasteiger partial charge is 0.349 e. The summed E-state index contributed by atoms with van der Waals surface area (Å²) in [5.74, 6) is 0.559. The highest BCUT2D eigenvalue weighted by molar-refractivity contribution is 5.95. The lowest BCUT2D eigenvalue weighted by Crippen LogP contribution is -2.38. The van der Waals surface area contributed by atoms with Crippen LogP contribution in [0, 0.1) is 6.92 Å². The molecule has 2 aliphatic rings. The number of hydrogen-bond donors (Lipinski definition) is 2. The van der Waals surface area contributed by atoms with Gasteiger partial charge in [0.1, 0.15) is 11.3 Å². The number of fused-ring (bicyclic) bond motifs is 1. The molecule has 1 atom stereocenters. The average Bonchev–Trinajstić information content (AvgIpc) is 3.04. The molecular weight excluding hydrogens is 328 g/mol. The number of carbonyl (C=O) groups is 1. The van der Waals surface area contributed by atoms with Crippen molar-refractivity contribution < 1.29 is 9.21 Å². The molecule has 136 valence electrons. The lowest BCUT2D eigenvalue weighted by Gasteiger charge is -2.22. The van der Waals surface area contributed by atoms with E-state index in [-0.39, 0.29) is 23.4 Å². The van der Waals surface area contributed by atoms with E-state index in [1.165, 1.54) is 11.1 Å². The van der Waals surface area contributed by atoms with Gasteiger partial charge in [-0.3, -0.25) is 4.79 Å². The van der Waals surface area contributed by atoms with Gasteiger partial charge in [0.05, 0.1) is 0 Å². The van der Waals surface area contributed by atoms with Crippen molar-refractivity contribution in [3.05, 3.63) is 68.8 Å². The first-order valence-electron chi connectivity index (χ1n) is 9.35. The Bertz CT molecular complexity index is 856. The van der Waals surface area contributed by atoms with Crippen LogP contribution in [0.25, 0.3) is 0 Å². The van der Waals surface area contributed by atoms with Crippen molar-refractivity contribution in [2.75, 3.05) is 13.1 Å². The Hall–Kier alpha value is -2.40. The van der Waals surface area contributed by atoms with Gasteiger partial charge in [0, 0.05) is 18.5 Å². The predicted molar refractivity (Wildman–Crippen MR) is 99.7 cm³/mol. The van der Waals surface area contributed by atoms with E-state index in [1.54, 1.807) is 0 Å². The summed E-state index contributed by atoms with van der Waals surface area (Å²) in [5.41, 5.74) is 2.82. The molecule has 0 spiro atoms. The van der Waals surface area contributed by atoms with Crippen LogP contribution >= 0.6 is 0 Å². The van der Waals surface area contributed by atoms with Crippen LogP contribution in [0.2, 0.25) is 0 Å². The third-order valence-corrected chi connectivity index (χ3v) is 5.48. The number of carbonyl (C=O) groups excluding carboxylic acids is 1. The van der Waals surface area contributed by atoms with E-state index < -0.39 is 5.63 Å². The van der Waals surface area contributed by atoms with Crippen LogP contribution in [0.15, 0.2) is 39.5 Å². The normalized spacial score (nSPS) is 20.0. The number of rotatable bonds is 3. The molecule has 1 aromatic heterocycles. The molecule has 1 aliphatic heterocycles. The first-order valence-corrected chi connectivity index (χ1v) is 9.35. The fraction of sp³-hybridized carbons (Fsp3) is 0.429. The van der Waals surface area contributed by atoms with E-state index in [1.807, 2.05) is 25.1 Å². The van der Waals surface area contributed by atoms with Crippen LogP contribution in [0.4, 0.5) is 0 Å². The lowest BCUT2D eigenvalue weighted by atomic mass is 9.95. The molecule has 0 radical (unpaired) electrons. The van der Waals surface area contributed by atoms with Crippen LogP contribution in [-0.4, -0.2) is 25.0 Å². The van der Waals surface area contributed by atoms with Gasteiger partial charge in [0.15, 0.2) is 0 Å². The first kappa shape index (κ1) is 17.0. The van der Waals surface area contributed by atoms with Gasteiger partial charge in [-0.2, -0.15) is 0 Å². The SMILES string of the molecule is Cc1cc(C2CCCNC2)oc(=O)c1C(=O)NC1Cc2ccccc2C1. The molecule has 26 heavy (non-hydrogen) atoms. The standard InChI is InChI=1S/C21H24N2O3/c1-13-9-18(16-7-4-8-22-12-16)26-21(25)19(13)20(24)23-17-10-14-5-2-3-6-15(14)11-17/h2-3,5-6,9,16-17,22H,4,7-8,10-12H2,1H3,(H,23,24). The Morgan fingerprint density at radius 2 is 1.96 bits per heavy atom. The van der Waals surface area contributed by atoms with E-state index in [0.29, 0.717) is 11.3 Å². The van der Waals surface area contributed by atoms with Gasteiger partial charge in [-0.15, -0.1) is 0 Å². The molecule has 4 rings (SSSR count). The summed E-state index contributed by atoms with van der Waals surface area (Å²) in [5, 5.41) is 6.34. The molecule has 0 saturated carbocycles. The number of piperidine rings is 1. The predicted octanol–water partition coefficient (Wildman–Crippen LogP) is 2.31. The maximum atomic E-state index is 12.7. The maximum Gasteiger partial charge on any atom is 0.349 e. The summed E-state index contributed by atoms with van der Waals surface area (Å²) in [4.78, 5) is 25.2. The Labute approximate surface area is 152 Å². The molecule has 1 fully saturated rings. The zero-order valence-corrected chi connectivity index (χ0v) is 15.0. The number of amides is 1. The molecule has 2 N–H and O–H groups in total. The Morgan fingerprint density at radius 1 is 1.23 bits per heavy atom. The maximum absolute atomic E-state index is 12.7. The third-order valence-electron chi connectivity index (χ3n) is 5.48. The summed E-state index contributed by atoms with van der Waals surface area (Å²) >= 11 is 0. The van der Waals surface area contributed by atoms with Gasteiger partial charge in [0.2, 0.25) is 0 Å². The topological polar surface area (TPSA) is 71.3 Å². The van der Waals surface area contributed by atoms with Crippen LogP contribution in [0.1, 0.15) is 51.6 Å². The van der Waals surface area contributed by atoms with E-state index in [4.69, 9.17) is 4.42 Å². The molecule has 0 bridgehead atoms. The van der Waals surface area contributed by atoms with Gasteiger partial charge in [-0.1, -0.05) is 24.3 Å². The highest BCUT2D eigenvalue weighted by Crippen LogP contribution is 2.24. The van der Waals surface area contributed by atoms with Gasteiger partial charge in [-0.05, 0) is 61.9 Å². The van der Waals surface area contributed by atoms with E-state index in [9.17, 15) is 9.59 Å². The molecule has 2 aromatic rings. The van der Waals surface area contributed by atoms with E-state index in [0.717, 1.165) is 38.8 Å². The zero-order chi connectivity index (χ0) is 18.1. The van der Waals surface area contributed by atoms with E-state index >= 15 is 0 Å². The number of aryl methyl sites for hydroxylation is 1. The van der Waals surface area contributed by atoms with Crippen LogP contribution in [-0.2, 0) is 12.8 Å². The quantitative estimate of drug-likeness (QED) is 0.889.